The fourth-order valence-electron chi connectivity index (χ4n) is 3.32. The number of amides is 1. The lowest BCUT2D eigenvalue weighted by Crippen LogP contribution is -2.41. The monoisotopic (exact) mass is 480 g/mol. The predicted molar refractivity (Wildman–Crippen MR) is 123 cm³/mol. The molecule has 0 saturated heterocycles. The summed E-state index contributed by atoms with van der Waals surface area (Å²) in [6.07, 6.45) is 0.310. The van der Waals surface area contributed by atoms with Crippen LogP contribution in [0.15, 0.2) is 34.1 Å². The van der Waals surface area contributed by atoms with E-state index in [0.29, 0.717) is 24.2 Å². The summed E-state index contributed by atoms with van der Waals surface area (Å²) in [6, 6.07) is 4.51. The molecule has 1 aromatic heterocycles. The number of rotatable bonds is 8. The molecule has 1 atom stereocenters. The van der Waals surface area contributed by atoms with E-state index in [1.807, 2.05) is 20.8 Å². The van der Waals surface area contributed by atoms with Crippen LogP contribution in [0.5, 0.6) is 0 Å². The van der Waals surface area contributed by atoms with Crippen molar-refractivity contribution in [3.63, 3.8) is 0 Å². The molecule has 2 rings (SSSR count). The Balaban J connectivity index is 2.44. The number of nitro benzene ring substituents is 1. The van der Waals surface area contributed by atoms with Gasteiger partial charge in [-0.15, -0.1) is 0 Å². The first-order valence-corrected chi connectivity index (χ1v) is 12.2. The minimum atomic E-state index is -3.95. The van der Waals surface area contributed by atoms with Crippen molar-refractivity contribution in [1.82, 2.24) is 14.7 Å². The van der Waals surface area contributed by atoms with Crippen molar-refractivity contribution >= 4 is 21.6 Å². The number of aryl methyl sites for hydroxylation is 1. The van der Waals surface area contributed by atoms with Crippen molar-refractivity contribution in [2.24, 2.45) is 0 Å². The highest BCUT2D eigenvalue weighted by Gasteiger charge is 2.31. The number of ether oxygens (including phenoxy) is 1. The molecule has 0 unspecified atom stereocenters. The summed E-state index contributed by atoms with van der Waals surface area (Å²) in [7, 11) is -2.33. The number of benzene rings is 1. The van der Waals surface area contributed by atoms with Crippen molar-refractivity contribution in [2.45, 2.75) is 82.4 Å². The van der Waals surface area contributed by atoms with Gasteiger partial charge in [0.1, 0.15) is 10.5 Å². The third kappa shape index (κ3) is 5.89. The molecule has 0 radical (unpaired) electrons. The van der Waals surface area contributed by atoms with E-state index in [4.69, 9.17) is 4.74 Å². The zero-order valence-electron chi connectivity index (χ0n) is 20.2. The lowest BCUT2D eigenvalue weighted by atomic mass is 10.2. The maximum absolute atomic E-state index is 13.5. The molecule has 182 valence electrons. The molecular formula is C22H32N4O6S. The van der Waals surface area contributed by atoms with Gasteiger partial charge >= 0.3 is 6.09 Å². The molecule has 1 amide bonds. The van der Waals surface area contributed by atoms with E-state index in [1.54, 1.807) is 32.5 Å². The summed E-state index contributed by atoms with van der Waals surface area (Å²) in [5.74, 6) is 0. The zero-order chi connectivity index (χ0) is 25.1. The van der Waals surface area contributed by atoms with Crippen LogP contribution in [0.2, 0.25) is 0 Å². The fourth-order valence-corrected chi connectivity index (χ4v) is 5.11. The average Bonchev–Trinajstić information content (AvgIpc) is 3.09. The van der Waals surface area contributed by atoms with Crippen molar-refractivity contribution < 1.29 is 22.9 Å². The van der Waals surface area contributed by atoms with Crippen LogP contribution in [0.25, 0.3) is 0 Å². The Kier molecular flexibility index (Phi) is 7.89. The van der Waals surface area contributed by atoms with E-state index in [-0.39, 0.29) is 28.1 Å². The molecule has 0 aliphatic rings. The molecule has 1 heterocycles. The highest BCUT2D eigenvalue weighted by molar-refractivity contribution is 7.91. The average molecular weight is 481 g/mol. The summed E-state index contributed by atoms with van der Waals surface area (Å²) in [6.45, 7) is 11.1. The molecule has 0 bridgehead atoms. The van der Waals surface area contributed by atoms with Crippen LogP contribution in [0.4, 0.5) is 10.5 Å². The molecule has 10 nitrogen and oxygen atoms in total. The standard InChI is InChI=1S/C22H32N4O6S/c1-8-18-20(33(30,31)17-12-10-16(11-13-17)26(28)29)19(9-2)25(23-18)14-15(3)24(7)21(27)32-22(4,5)6/h10-13,15H,8-9,14H2,1-7H3/t15-/m0/s1. The van der Waals surface area contributed by atoms with E-state index in [0.717, 1.165) is 0 Å². The second kappa shape index (κ2) is 9.90. The second-order valence-electron chi connectivity index (χ2n) is 8.81. The molecule has 1 aromatic carbocycles. The molecule has 0 aliphatic carbocycles. The summed E-state index contributed by atoms with van der Waals surface area (Å²) < 4.78 is 34.0. The van der Waals surface area contributed by atoms with Gasteiger partial charge in [-0.25, -0.2) is 13.2 Å². The summed E-state index contributed by atoms with van der Waals surface area (Å²) in [5.41, 5.74) is 0.120. The third-order valence-electron chi connectivity index (χ3n) is 5.15. The molecule has 0 fully saturated rings. The van der Waals surface area contributed by atoms with Crippen LogP contribution >= 0.6 is 0 Å². The van der Waals surface area contributed by atoms with Crippen LogP contribution in [0, 0.1) is 10.1 Å². The van der Waals surface area contributed by atoms with E-state index in [9.17, 15) is 23.3 Å². The molecule has 11 heteroatoms. The molecule has 0 saturated carbocycles. The Morgan fingerprint density at radius 3 is 2.24 bits per heavy atom. The lowest BCUT2D eigenvalue weighted by molar-refractivity contribution is -0.384. The number of sulfone groups is 1. The number of non-ortho nitro benzene ring substituents is 1. The van der Waals surface area contributed by atoms with Gasteiger partial charge in [-0.1, -0.05) is 13.8 Å². The van der Waals surface area contributed by atoms with Gasteiger partial charge in [0.25, 0.3) is 5.69 Å². The van der Waals surface area contributed by atoms with Gasteiger partial charge in [-0.3, -0.25) is 14.8 Å². The van der Waals surface area contributed by atoms with Crippen molar-refractivity contribution in [3.05, 3.63) is 45.8 Å². The first-order valence-electron chi connectivity index (χ1n) is 10.8. The number of aromatic nitrogens is 2. The lowest BCUT2D eigenvalue weighted by Gasteiger charge is -2.29. The van der Waals surface area contributed by atoms with Crippen LogP contribution in [-0.2, 0) is 34.0 Å². The third-order valence-corrected chi connectivity index (χ3v) is 7.05. The van der Waals surface area contributed by atoms with Gasteiger partial charge in [0.15, 0.2) is 0 Å². The zero-order valence-corrected chi connectivity index (χ0v) is 21.0. The Labute approximate surface area is 194 Å². The minimum absolute atomic E-state index is 0.0315. The SMILES string of the molecule is CCc1nn(C[C@H](C)N(C)C(=O)OC(C)(C)C)c(CC)c1S(=O)(=O)c1ccc([N+](=O)[O-])cc1. The number of carbonyl (C=O) groups excluding carboxylic acids is 1. The van der Waals surface area contributed by atoms with Crippen LogP contribution < -0.4 is 0 Å². The normalized spacial score (nSPS) is 12.9. The van der Waals surface area contributed by atoms with Crippen molar-refractivity contribution in [1.29, 1.82) is 0 Å². The van der Waals surface area contributed by atoms with Gasteiger partial charge in [0, 0.05) is 19.2 Å². The van der Waals surface area contributed by atoms with Crippen LogP contribution in [0.3, 0.4) is 0 Å². The van der Waals surface area contributed by atoms with E-state index < -0.39 is 26.5 Å². The Bertz CT molecular complexity index is 1120. The Hall–Kier alpha value is -2.95. The van der Waals surface area contributed by atoms with Crippen LogP contribution in [-0.4, -0.2) is 52.8 Å². The summed E-state index contributed by atoms with van der Waals surface area (Å²) >= 11 is 0. The topological polar surface area (TPSA) is 125 Å². The largest absolute Gasteiger partial charge is 0.444 e. The number of hydrogen-bond acceptors (Lipinski definition) is 7. The predicted octanol–water partition coefficient (Wildman–Crippen LogP) is 4.00. The molecule has 0 aliphatic heterocycles. The van der Waals surface area contributed by atoms with Gasteiger partial charge < -0.3 is 9.64 Å². The maximum atomic E-state index is 13.5. The smallest absolute Gasteiger partial charge is 0.410 e. The van der Waals surface area contributed by atoms with Gasteiger partial charge in [-0.2, -0.15) is 5.10 Å². The van der Waals surface area contributed by atoms with Crippen molar-refractivity contribution in [2.75, 3.05) is 7.05 Å². The quantitative estimate of drug-likeness (QED) is 0.413. The van der Waals surface area contributed by atoms with E-state index in [1.165, 1.54) is 29.2 Å². The van der Waals surface area contributed by atoms with Crippen molar-refractivity contribution in [3.8, 4) is 0 Å². The van der Waals surface area contributed by atoms with Gasteiger partial charge in [0.05, 0.1) is 33.8 Å². The highest BCUT2D eigenvalue weighted by Crippen LogP contribution is 2.30. The Morgan fingerprint density at radius 1 is 1.21 bits per heavy atom. The van der Waals surface area contributed by atoms with Gasteiger partial charge in [-0.05, 0) is 52.7 Å². The first kappa shape index (κ1) is 26.3. The summed E-state index contributed by atoms with van der Waals surface area (Å²) in [4.78, 5) is 24.3. The molecular weight excluding hydrogens is 448 g/mol. The number of nitrogens with zero attached hydrogens (tertiary/aromatic N) is 4. The molecule has 2 aromatic rings. The number of hydrogen-bond donors (Lipinski definition) is 0. The number of carbonyl (C=O) groups is 1. The number of nitro groups is 1. The Morgan fingerprint density at radius 2 is 1.79 bits per heavy atom. The molecule has 0 spiro atoms. The fraction of sp³-hybridized carbons (Fsp3) is 0.545. The van der Waals surface area contributed by atoms with E-state index >= 15 is 0 Å². The van der Waals surface area contributed by atoms with Gasteiger partial charge in [0.2, 0.25) is 9.84 Å². The minimum Gasteiger partial charge on any atom is -0.444 e. The van der Waals surface area contributed by atoms with E-state index in [2.05, 4.69) is 5.10 Å². The summed E-state index contributed by atoms with van der Waals surface area (Å²) in [5, 5.41) is 15.5. The van der Waals surface area contributed by atoms with Crippen LogP contribution in [0.1, 0.15) is 52.9 Å². The number of likely N-dealkylation sites (N-methyl/N-ethyl adjacent to an activating group) is 1. The second-order valence-corrected chi connectivity index (χ2v) is 10.7. The molecule has 33 heavy (non-hydrogen) atoms. The highest BCUT2D eigenvalue weighted by atomic mass is 32.2. The first-order chi connectivity index (χ1) is 15.2. The molecule has 0 N–H and O–H groups in total. The maximum Gasteiger partial charge on any atom is 0.410 e.